The van der Waals surface area contributed by atoms with Crippen molar-refractivity contribution in [3.8, 4) is 0 Å². The van der Waals surface area contributed by atoms with Gasteiger partial charge in [0.1, 0.15) is 14.1 Å². The summed E-state index contributed by atoms with van der Waals surface area (Å²) in [7, 11) is 2.79. The van der Waals surface area contributed by atoms with Crippen LogP contribution < -0.4 is 19.2 Å². The fourth-order valence-corrected chi connectivity index (χ4v) is 3.30. The Labute approximate surface area is 242 Å². The molecule has 0 saturated carbocycles. The van der Waals surface area contributed by atoms with Crippen molar-refractivity contribution in [1.82, 2.24) is 0 Å². The highest BCUT2D eigenvalue weighted by molar-refractivity contribution is 7.79. The summed E-state index contributed by atoms with van der Waals surface area (Å²) in [6.45, 7) is 4.16. The second-order valence-electron chi connectivity index (χ2n) is 9.04. The van der Waals surface area contributed by atoms with E-state index in [9.17, 15) is 0 Å². The molecule has 10 nitrogen and oxygen atoms in total. The van der Waals surface area contributed by atoms with Crippen LogP contribution in [0.2, 0.25) is 0 Å². The highest BCUT2D eigenvalue weighted by atomic mass is 32.3. The molecule has 4 aromatic rings. The van der Waals surface area contributed by atoms with Gasteiger partial charge in [-0.3, -0.25) is 18.4 Å². The van der Waals surface area contributed by atoms with Gasteiger partial charge in [0.25, 0.3) is 0 Å². The highest BCUT2D eigenvalue weighted by Crippen LogP contribution is 2.12. The summed E-state index contributed by atoms with van der Waals surface area (Å²) in [5, 5.41) is 12.6. The first-order valence-electron chi connectivity index (χ1n) is 12.6. The fraction of sp³-hybridized carbons (Fsp3) is 0.200. The van der Waals surface area contributed by atoms with Crippen LogP contribution in [0.4, 0.5) is 11.4 Å². The Balaban J connectivity index is 0.000000247. The second kappa shape index (κ2) is 16.0. The highest BCUT2D eigenvalue weighted by Gasteiger charge is 2.02. The van der Waals surface area contributed by atoms with Crippen LogP contribution in [0.15, 0.2) is 108 Å². The van der Waals surface area contributed by atoms with Crippen LogP contribution in [-0.4, -0.2) is 44.0 Å². The summed E-state index contributed by atoms with van der Waals surface area (Å²) in [4.78, 5) is 0. The smallest absolute Gasteiger partial charge is 0.178 e. The minimum atomic E-state index is -5.17. The Bertz CT molecular complexity index is 1440. The number of benzene rings is 2. The van der Waals surface area contributed by atoms with E-state index in [4.69, 9.17) is 17.5 Å². The van der Waals surface area contributed by atoms with Gasteiger partial charge in [0, 0.05) is 73.7 Å². The van der Waals surface area contributed by atoms with Crippen molar-refractivity contribution in [2.75, 3.05) is 24.1 Å². The molecule has 2 heterocycles. The Morgan fingerprint density at radius 3 is 1.27 bits per heavy atom. The van der Waals surface area contributed by atoms with E-state index in [1.54, 1.807) is 0 Å². The Hall–Kier alpha value is -4.45. The molecule has 0 spiro atoms. The summed E-state index contributed by atoms with van der Waals surface area (Å²) in [6.07, 6.45) is 7.83. The van der Waals surface area contributed by atoms with Crippen LogP contribution in [-0.2, 0) is 24.5 Å². The van der Waals surface area contributed by atoms with Gasteiger partial charge in [-0.2, -0.15) is 10.2 Å². The number of aryl methyl sites for hydroxylation is 4. The molecule has 0 saturated heterocycles. The van der Waals surface area contributed by atoms with Crippen LogP contribution in [0.1, 0.15) is 22.5 Å². The molecule has 0 aliphatic carbocycles. The van der Waals surface area contributed by atoms with E-state index in [1.165, 1.54) is 11.4 Å². The topological polar surface area (TPSA) is 119 Å². The molecule has 0 aliphatic heterocycles. The van der Waals surface area contributed by atoms with Gasteiger partial charge in [-0.1, -0.05) is 36.4 Å². The molecule has 41 heavy (non-hydrogen) atoms. The summed E-state index contributed by atoms with van der Waals surface area (Å²) < 4.78 is 38.2. The van der Waals surface area contributed by atoms with E-state index in [0.29, 0.717) is 0 Å². The minimum Gasteiger partial charge on any atom is -0.759 e. The number of pyridine rings is 2. The Morgan fingerprint density at radius 1 is 0.659 bits per heavy atom. The van der Waals surface area contributed by atoms with Gasteiger partial charge in [-0.25, -0.2) is 9.13 Å². The van der Waals surface area contributed by atoms with E-state index in [1.807, 2.05) is 124 Å². The lowest BCUT2D eigenvalue weighted by atomic mass is 10.2. The molecule has 4 rings (SSSR count). The van der Waals surface area contributed by atoms with Crippen LogP contribution in [0.3, 0.4) is 0 Å². The molecule has 11 heteroatoms. The number of hydrazone groups is 2. The Kier molecular flexibility index (Phi) is 12.8. The molecule has 0 aliphatic rings. The van der Waals surface area contributed by atoms with Crippen LogP contribution >= 0.6 is 0 Å². The van der Waals surface area contributed by atoms with E-state index in [-0.39, 0.29) is 0 Å². The number of nitrogens with zero attached hydrogens (tertiary/aromatic N) is 6. The first-order chi connectivity index (χ1) is 19.3. The predicted molar refractivity (Wildman–Crippen MR) is 160 cm³/mol. The number of hydrogen-bond donors (Lipinski definition) is 0. The molecule has 2 aromatic heterocycles. The third-order valence-corrected chi connectivity index (χ3v) is 5.86. The maximum atomic E-state index is 8.52. The first kappa shape index (κ1) is 32.8. The lowest BCUT2D eigenvalue weighted by molar-refractivity contribution is -0.677. The van der Waals surface area contributed by atoms with Crippen molar-refractivity contribution in [2.45, 2.75) is 13.8 Å². The molecular weight excluding hydrogens is 540 g/mol. The summed E-state index contributed by atoms with van der Waals surface area (Å²) >= 11 is 0. The molecule has 0 N–H and O–H groups in total. The number of para-hydroxylation sites is 2. The molecule has 0 fully saturated rings. The van der Waals surface area contributed by atoms with Gasteiger partial charge in [-0.15, -0.1) is 0 Å². The van der Waals surface area contributed by atoms with Crippen molar-refractivity contribution in [3.05, 3.63) is 120 Å². The van der Waals surface area contributed by atoms with E-state index < -0.39 is 10.4 Å². The summed E-state index contributed by atoms with van der Waals surface area (Å²) in [5.41, 5.74) is 6.78. The largest absolute Gasteiger partial charge is 0.759 e. The second-order valence-corrected chi connectivity index (χ2v) is 9.86. The number of aromatic nitrogens is 2. The maximum absolute atomic E-state index is 8.52. The fourth-order valence-electron chi connectivity index (χ4n) is 3.30. The van der Waals surface area contributed by atoms with E-state index in [2.05, 4.69) is 57.4 Å². The van der Waals surface area contributed by atoms with Crippen molar-refractivity contribution in [3.63, 3.8) is 0 Å². The average molecular weight is 577 g/mol. The summed E-state index contributed by atoms with van der Waals surface area (Å²) in [5.74, 6) is 0. The minimum absolute atomic E-state index is 1.08. The molecule has 0 bridgehead atoms. The molecule has 0 atom stereocenters. The monoisotopic (exact) mass is 576 g/mol. The molecule has 0 radical (unpaired) electrons. The quantitative estimate of drug-likeness (QED) is 0.114. The number of rotatable bonds is 6. The SMILES string of the molecule is Cc1cc(C=NN(C)c2ccccc2)cc[n+]1C.Cc1cc(C=NN(C)c2ccccc2)cc[n+]1C.O=S(=O)([O-])[O-]. The third kappa shape index (κ3) is 13.0. The molecule has 216 valence electrons. The van der Waals surface area contributed by atoms with Crippen LogP contribution in [0, 0.1) is 13.8 Å². The van der Waals surface area contributed by atoms with Gasteiger partial charge in [0.05, 0.1) is 23.8 Å². The standard InChI is InChI=1S/2C15H18N3.H2O4S/c2*1-13-11-14(9-10-17(13)2)12-16-18(3)15-7-5-4-6-8-15;1-5(2,3)4/h2*4-12H,1-3H3;(H2,1,2,3,4)/q2*+1;/p-2. The van der Waals surface area contributed by atoms with E-state index >= 15 is 0 Å². The first-order valence-corrected chi connectivity index (χ1v) is 13.9. The lowest BCUT2D eigenvalue weighted by Crippen LogP contribution is -2.31. The zero-order valence-electron chi connectivity index (χ0n) is 24.1. The third-order valence-electron chi connectivity index (χ3n) is 5.86. The Morgan fingerprint density at radius 2 is 0.976 bits per heavy atom. The van der Waals surface area contributed by atoms with Gasteiger partial charge in [0.2, 0.25) is 0 Å². The lowest BCUT2D eigenvalue weighted by Gasteiger charge is -2.11. The molecule has 2 aromatic carbocycles. The maximum Gasteiger partial charge on any atom is 0.178 e. The van der Waals surface area contributed by atoms with Crippen molar-refractivity contribution >= 4 is 34.2 Å². The zero-order valence-corrected chi connectivity index (χ0v) is 24.9. The van der Waals surface area contributed by atoms with Crippen LogP contribution in [0.25, 0.3) is 0 Å². The van der Waals surface area contributed by atoms with Gasteiger partial charge >= 0.3 is 0 Å². The molecule has 0 unspecified atom stereocenters. The van der Waals surface area contributed by atoms with Crippen LogP contribution in [0.5, 0.6) is 0 Å². The average Bonchev–Trinajstić information content (AvgIpc) is 2.94. The van der Waals surface area contributed by atoms with Gasteiger partial charge < -0.3 is 9.11 Å². The van der Waals surface area contributed by atoms with Gasteiger partial charge in [0.15, 0.2) is 23.8 Å². The number of hydrogen-bond acceptors (Lipinski definition) is 8. The predicted octanol–water partition coefficient (Wildman–Crippen LogP) is 3.24. The van der Waals surface area contributed by atoms with Crippen molar-refractivity contribution in [1.29, 1.82) is 0 Å². The molecule has 0 amide bonds. The molecular formula is C30H36N6O4S. The van der Waals surface area contributed by atoms with Gasteiger partial charge in [-0.05, 0) is 24.3 Å². The van der Waals surface area contributed by atoms with Crippen molar-refractivity contribution < 1.29 is 26.7 Å². The van der Waals surface area contributed by atoms with E-state index in [0.717, 1.165) is 22.5 Å². The zero-order chi connectivity index (χ0) is 30.4. The summed E-state index contributed by atoms with van der Waals surface area (Å²) in [6, 6.07) is 28.5. The number of anilines is 2. The van der Waals surface area contributed by atoms with Crippen molar-refractivity contribution in [2.24, 2.45) is 24.3 Å². The normalized spacial score (nSPS) is 10.9.